The fourth-order valence-electron chi connectivity index (χ4n) is 4.53. The highest BCUT2D eigenvalue weighted by Crippen LogP contribution is 2.35. The molecule has 3 aromatic rings. The van der Waals surface area contributed by atoms with E-state index in [4.69, 9.17) is 14.6 Å². The van der Waals surface area contributed by atoms with Crippen LogP contribution in [-0.2, 0) is 0 Å². The van der Waals surface area contributed by atoms with Crippen LogP contribution < -0.4 is 14.8 Å². The fourth-order valence-corrected chi connectivity index (χ4v) is 4.53. The van der Waals surface area contributed by atoms with E-state index in [1.807, 2.05) is 12.1 Å². The number of nitrogens with zero attached hydrogens (tertiary/aromatic N) is 3. The summed E-state index contributed by atoms with van der Waals surface area (Å²) in [5.74, 6) is 1.64. The van der Waals surface area contributed by atoms with E-state index in [-0.39, 0.29) is 5.91 Å². The van der Waals surface area contributed by atoms with Crippen LogP contribution in [0, 0.1) is 5.92 Å². The quantitative estimate of drug-likeness (QED) is 0.557. The van der Waals surface area contributed by atoms with Gasteiger partial charge in [-0.1, -0.05) is 13.0 Å². The molecular formula is C25H30N4O3. The van der Waals surface area contributed by atoms with E-state index < -0.39 is 0 Å². The molecule has 0 saturated heterocycles. The first-order valence-corrected chi connectivity index (χ1v) is 11.7. The van der Waals surface area contributed by atoms with Crippen molar-refractivity contribution in [1.29, 1.82) is 0 Å². The summed E-state index contributed by atoms with van der Waals surface area (Å²) in [6.45, 7) is 3.48. The number of carbonyl (C=O) groups excluding carboxylic acids is 1. The molecule has 0 unspecified atom stereocenters. The molecule has 3 heterocycles. The Labute approximate surface area is 188 Å². The summed E-state index contributed by atoms with van der Waals surface area (Å²) in [7, 11) is 0. The molecule has 2 aromatic heterocycles. The topological polar surface area (TPSA) is 78.3 Å². The van der Waals surface area contributed by atoms with Crippen molar-refractivity contribution in [2.24, 2.45) is 5.92 Å². The van der Waals surface area contributed by atoms with Crippen molar-refractivity contribution in [2.45, 2.75) is 57.9 Å². The average Bonchev–Trinajstić information content (AvgIpc) is 3.21. The third-order valence-corrected chi connectivity index (χ3v) is 6.48. The number of rotatable bonds is 1. The van der Waals surface area contributed by atoms with Crippen LogP contribution in [-0.4, -0.2) is 33.9 Å². The van der Waals surface area contributed by atoms with Crippen LogP contribution in [0.5, 0.6) is 11.6 Å². The minimum Gasteiger partial charge on any atom is -0.491 e. The minimum atomic E-state index is -0.287. The molecule has 1 N–H and O–H groups in total. The van der Waals surface area contributed by atoms with Crippen molar-refractivity contribution in [1.82, 2.24) is 14.8 Å². The second-order valence-electron chi connectivity index (χ2n) is 9.00. The van der Waals surface area contributed by atoms with Gasteiger partial charge in [-0.25, -0.2) is 4.98 Å². The summed E-state index contributed by atoms with van der Waals surface area (Å²) >= 11 is 0. The van der Waals surface area contributed by atoms with E-state index >= 15 is 0 Å². The predicted octanol–water partition coefficient (Wildman–Crippen LogP) is 5.38. The SMILES string of the molecule is C[C@H]1CC[C@H](n2cc3cc4c(cc3n2)OCCCCCOc2cccc(n2)C(=O)N4)CC1. The molecule has 168 valence electrons. The molecule has 1 aliphatic carbocycles. The molecular weight excluding hydrogens is 404 g/mol. The van der Waals surface area contributed by atoms with E-state index in [2.05, 4.69) is 28.1 Å². The molecule has 2 aliphatic rings. The van der Waals surface area contributed by atoms with Crippen LogP contribution in [0.1, 0.15) is 68.4 Å². The largest absolute Gasteiger partial charge is 0.491 e. The van der Waals surface area contributed by atoms with Gasteiger partial charge >= 0.3 is 0 Å². The number of hydrogen-bond donors (Lipinski definition) is 1. The molecule has 1 saturated carbocycles. The average molecular weight is 435 g/mol. The number of anilines is 1. The molecule has 1 aliphatic heterocycles. The highest BCUT2D eigenvalue weighted by molar-refractivity contribution is 6.05. The summed E-state index contributed by atoms with van der Waals surface area (Å²) in [4.78, 5) is 17.3. The third-order valence-electron chi connectivity index (χ3n) is 6.48. The number of amides is 1. The highest BCUT2D eigenvalue weighted by atomic mass is 16.5. The van der Waals surface area contributed by atoms with Gasteiger partial charge in [0.2, 0.25) is 5.88 Å². The number of pyridine rings is 1. The Hall–Kier alpha value is -3.09. The smallest absolute Gasteiger partial charge is 0.274 e. The van der Waals surface area contributed by atoms with Crippen molar-refractivity contribution in [3.05, 3.63) is 42.2 Å². The predicted molar refractivity (Wildman–Crippen MR) is 123 cm³/mol. The monoisotopic (exact) mass is 434 g/mol. The zero-order chi connectivity index (χ0) is 21.9. The van der Waals surface area contributed by atoms with Gasteiger partial charge in [0, 0.05) is 23.7 Å². The number of benzene rings is 1. The Bertz CT molecular complexity index is 1100. The maximum absolute atomic E-state index is 12.9. The van der Waals surface area contributed by atoms with E-state index in [1.54, 1.807) is 18.2 Å². The molecule has 7 nitrogen and oxygen atoms in total. The van der Waals surface area contributed by atoms with Gasteiger partial charge in [0.05, 0.1) is 30.5 Å². The second-order valence-corrected chi connectivity index (χ2v) is 9.00. The number of nitrogens with one attached hydrogen (secondary N) is 1. The number of ether oxygens (including phenoxy) is 2. The van der Waals surface area contributed by atoms with Gasteiger partial charge in [-0.05, 0) is 63.0 Å². The molecule has 0 radical (unpaired) electrons. The first kappa shape index (κ1) is 20.8. The van der Waals surface area contributed by atoms with E-state index in [1.165, 1.54) is 12.8 Å². The van der Waals surface area contributed by atoms with Crippen molar-refractivity contribution in [3.63, 3.8) is 0 Å². The first-order valence-electron chi connectivity index (χ1n) is 11.7. The number of aromatic nitrogens is 3. The van der Waals surface area contributed by atoms with E-state index in [9.17, 15) is 4.79 Å². The zero-order valence-electron chi connectivity index (χ0n) is 18.5. The van der Waals surface area contributed by atoms with E-state index in [0.29, 0.717) is 42.3 Å². The van der Waals surface area contributed by atoms with Gasteiger partial charge in [0.1, 0.15) is 11.4 Å². The van der Waals surface area contributed by atoms with Gasteiger partial charge in [-0.2, -0.15) is 5.10 Å². The van der Waals surface area contributed by atoms with Gasteiger partial charge in [0.15, 0.2) is 0 Å². The summed E-state index contributed by atoms with van der Waals surface area (Å²) in [5.41, 5.74) is 1.85. The Balaban J connectivity index is 1.47. The molecule has 7 heteroatoms. The van der Waals surface area contributed by atoms with Crippen LogP contribution in [0.25, 0.3) is 10.9 Å². The Morgan fingerprint density at radius 3 is 2.69 bits per heavy atom. The molecule has 2 bridgehead atoms. The van der Waals surface area contributed by atoms with Crippen molar-refractivity contribution >= 4 is 22.5 Å². The lowest BCUT2D eigenvalue weighted by atomic mass is 9.87. The van der Waals surface area contributed by atoms with Gasteiger partial charge in [0.25, 0.3) is 5.91 Å². The molecule has 32 heavy (non-hydrogen) atoms. The maximum atomic E-state index is 12.9. The minimum absolute atomic E-state index is 0.287. The Morgan fingerprint density at radius 1 is 1.03 bits per heavy atom. The summed E-state index contributed by atoms with van der Waals surface area (Å²) in [6.07, 6.45) is 9.73. The lowest BCUT2D eigenvalue weighted by molar-refractivity contribution is 0.102. The molecule has 1 aromatic carbocycles. The van der Waals surface area contributed by atoms with Crippen molar-refractivity contribution in [3.8, 4) is 11.6 Å². The summed E-state index contributed by atoms with van der Waals surface area (Å²) < 4.78 is 13.9. The summed E-state index contributed by atoms with van der Waals surface area (Å²) in [6, 6.07) is 9.61. The van der Waals surface area contributed by atoms with Crippen LogP contribution in [0.15, 0.2) is 36.5 Å². The third kappa shape index (κ3) is 4.56. The van der Waals surface area contributed by atoms with Gasteiger partial charge in [-0.3, -0.25) is 9.48 Å². The maximum Gasteiger partial charge on any atom is 0.274 e. The van der Waals surface area contributed by atoms with Gasteiger partial charge < -0.3 is 14.8 Å². The number of carbonyl (C=O) groups is 1. The van der Waals surface area contributed by atoms with Gasteiger partial charge in [-0.15, -0.1) is 0 Å². The van der Waals surface area contributed by atoms with Crippen LogP contribution in [0.3, 0.4) is 0 Å². The Morgan fingerprint density at radius 2 is 1.84 bits per heavy atom. The fraction of sp³-hybridized carbons (Fsp3) is 0.480. The number of hydrogen-bond acceptors (Lipinski definition) is 5. The number of fused-ring (bicyclic) bond motifs is 4. The van der Waals surface area contributed by atoms with E-state index in [0.717, 1.165) is 48.9 Å². The Kier molecular flexibility index (Phi) is 5.97. The van der Waals surface area contributed by atoms with Crippen molar-refractivity contribution in [2.75, 3.05) is 18.5 Å². The van der Waals surface area contributed by atoms with Crippen LogP contribution in [0.2, 0.25) is 0 Å². The normalized spacial score (nSPS) is 22.2. The lowest BCUT2D eigenvalue weighted by Crippen LogP contribution is -2.16. The zero-order valence-corrected chi connectivity index (χ0v) is 18.5. The van der Waals surface area contributed by atoms with Crippen molar-refractivity contribution < 1.29 is 14.3 Å². The summed E-state index contributed by atoms with van der Waals surface area (Å²) in [5, 5.41) is 8.85. The highest BCUT2D eigenvalue weighted by Gasteiger charge is 2.21. The lowest BCUT2D eigenvalue weighted by Gasteiger charge is -2.26. The van der Waals surface area contributed by atoms with Crippen LogP contribution in [0.4, 0.5) is 5.69 Å². The molecule has 1 fully saturated rings. The standard InChI is InChI=1S/C25H30N4O3/c1-17-8-10-19(11-9-17)29-16-18-14-22-23(15-21(18)28-29)31-12-3-2-4-13-32-24-7-5-6-20(26-24)25(30)27-22/h5-7,14-17,19H,2-4,8-13H2,1H3,(H,27,30)/t17-,19-. The van der Waals surface area contributed by atoms with Crippen LogP contribution >= 0.6 is 0 Å². The molecule has 0 atom stereocenters. The molecule has 0 spiro atoms. The molecule has 1 amide bonds. The first-order chi connectivity index (χ1) is 15.7. The molecule has 5 rings (SSSR count). The second kappa shape index (κ2) is 9.18.